The minimum atomic E-state index is 0.536. The summed E-state index contributed by atoms with van der Waals surface area (Å²) in [5.41, 5.74) is 8.04. The van der Waals surface area contributed by atoms with Crippen molar-refractivity contribution in [1.29, 1.82) is 0 Å². The van der Waals surface area contributed by atoms with Gasteiger partial charge in [0.2, 0.25) is 0 Å². The molecule has 2 aromatic rings. The fourth-order valence-corrected chi connectivity index (χ4v) is 1.78. The molecule has 3 heteroatoms. The van der Waals surface area contributed by atoms with Crippen LogP contribution in [-0.4, -0.2) is 11.6 Å². The van der Waals surface area contributed by atoms with E-state index in [0.29, 0.717) is 12.4 Å². The monoisotopic (exact) mass is 242 g/mol. The molecule has 1 aromatic carbocycles. The van der Waals surface area contributed by atoms with Crippen LogP contribution < -0.4 is 5.73 Å². The van der Waals surface area contributed by atoms with E-state index in [-0.39, 0.29) is 0 Å². The van der Waals surface area contributed by atoms with Crippen molar-refractivity contribution in [3.05, 3.63) is 59.8 Å². The largest absolute Gasteiger partial charge is 0.383 e. The number of nitrogens with two attached hydrogens (primary N) is 1. The molecule has 94 valence electrons. The Labute approximate surface area is 108 Å². The molecule has 0 radical (unpaired) electrons. The van der Waals surface area contributed by atoms with E-state index in [1.807, 2.05) is 18.2 Å². The van der Waals surface area contributed by atoms with Gasteiger partial charge in [-0.2, -0.15) is 0 Å². The third-order valence-electron chi connectivity index (χ3n) is 2.78. The fourth-order valence-electron chi connectivity index (χ4n) is 1.78. The molecular formula is C15H18N2O. The lowest BCUT2D eigenvalue weighted by atomic mass is 10.1. The highest BCUT2D eigenvalue weighted by molar-refractivity contribution is 5.37. The zero-order valence-electron chi connectivity index (χ0n) is 10.4. The van der Waals surface area contributed by atoms with Gasteiger partial charge in [-0.3, -0.25) is 0 Å². The Morgan fingerprint density at radius 2 is 1.89 bits per heavy atom. The number of rotatable bonds is 6. The number of ether oxygens (including phenoxy) is 1. The van der Waals surface area contributed by atoms with E-state index in [4.69, 9.17) is 10.5 Å². The molecule has 18 heavy (non-hydrogen) atoms. The zero-order valence-corrected chi connectivity index (χ0v) is 10.4. The molecule has 0 spiro atoms. The summed E-state index contributed by atoms with van der Waals surface area (Å²) in [5.74, 6) is 0.556. The van der Waals surface area contributed by atoms with Crippen LogP contribution in [0.3, 0.4) is 0 Å². The highest BCUT2D eigenvalue weighted by Crippen LogP contribution is 2.09. The number of benzene rings is 1. The second-order valence-electron chi connectivity index (χ2n) is 4.19. The summed E-state index contributed by atoms with van der Waals surface area (Å²) >= 11 is 0. The maximum Gasteiger partial charge on any atom is 0.128 e. The number of nitrogen functional groups attached to an aromatic ring is 1. The number of anilines is 1. The predicted octanol–water partition coefficient (Wildman–Crippen LogP) is 2.81. The molecule has 0 saturated carbocycles. The van der Waals surface area contributed by atoms with Crippen molar-refractivity contribution in [2.75, 3.05) is 12.3 Å². The standard InChI is InChI=1S/C15H18N2O/c16-15-14(9-4-10-17-15)12-18-11-5-8-13-6-2-1-3-7-13/h1-4,6-7,9-10H,5,8,11-12H2,(H2,16,17). The number of aromatic nitrogens is 1. The molecule has 0 saturated heterocycles. The lowest BCUT2D eigenvalue weighted by molar-refractivity contribution is 0.119. The Bertz CT molecular complexity index is 471. The van der Waals surface area contributed by atoms with Gasteiger partial charge in [-0.05, 0) is 24.5 Å². The molecule has 1 heterocycles. The highest BCUT2D eigenvalue weighted by Gasteiger charge is 1.99. The van der Waals surface area contributed by atoms with Crippen molar-refractivity contribution < 1.29 is 4.74 Å². The summed E-state index contributed by atoms with van der Waals surface area (Å²) < 4.78 is 5.60. The van der Waals surface area contributed by atoms with Gasteiger partial charge in [0.05, 0.1) is 6.61 Å². The molecule has 3 nitrogen and oxygen atoms in total. The Hall–Kier alpha value is -1.87. The summed E-state index contributed by atoms with van der Waals surface area (Å²) in [4.78, 5) is 4.02. The second-order valence-corrected chi connectivity index (χ2v) is 4.19. The van der Waals surface area contributed by atoms with Gasteiger partial charge in [-0.25, -0.2) is 4.98 Å². The van der Waals surface area contributed by atoms with E-state index in [9.17, 15) is 0 Å². The molecule has 0 aliphatic heterocycles. The molecular weight excluding hydrogens is 224 g/mol. The first-order valence-electron chi connectivity index (χ1n) is 6.17. The first-order valence-corrected chi connectivity index (χ1v) is 6.17. The summed E-state index contributed by atoms with van der Waals surface area (Å²) in [6.07, 6.45) is 3.75. The molecule has 0 aliphatic carbocycles. The third-order valence-corrected chi connectivity index (χ3v) is 2.78. The van der Waals surface area contributed by atoms with Gasteiger partial charge in [0, 0.05) is 18.4 Å². The fraction of sp³-hybridized carbons (Fsp3) is 0.267. The van der Waals surface area contributed by atoms with E-state index in [0.717, 1.165) is 25.0 Å². The number of hydrogen-bond acceptors (Lipinski definition) is 3. The van der Waals surface area contributed by atoms with Gasteiger partial charge in [0.15, 0.2) is 0 Å². The van der Waals surface area contributed by atoms with Crippen LogP contribution in [0.15, 0.2) is 48.7 Å². The van der Waals surface area contributed by atoms with Crippen LogP contribution in [0.25, 0.3) is 0 Å². The van der Waals surface area contributed by atoms with Crippen molar-refractivity contribution in [2.45, 2.75) is 19.4 Å². The topological polar surface area (TPSA) is 48.1 Å². The van der Waals surface area contributed by atoms with E-state index in [1.165, 1.54) is 5.56 Å². The normalized spacial score (nSPS) is 10.4. The van der Waals surface area contributed by atoms with Crippen molar-refractivity contribution in [1.82, 2.24) is 4.98 Å². The van der Waals surface area contributed by atoms with Gasteiger partial charge >= 0.3 is 0 Å². The lowest BCUT2D eigenvalue weighted by Gasteiger charge is -2.06. The first kappa shape index (κ1) is 12.6. The molecule has 0 bridgehead atoms. The van der Waals surface area contributed by atoms with Crippen molar-refractivity contribution in [3.8, 4) is 0 Å². The van der Waals surface area contributed by atoms with Crippen LogP contribution in [0.5, 0.6) is 0 Å². The predicted molar refractivity (Wildman–Crippen MR) is 73.1 cm³/mol. The molecule has 0 fully saturated rings. The Morgan fingerprint density at radius 1 is 1.06 bits per heavy atom. The van der Waals surface area contributed by atoms with Gasteiger partial charge in [-0.1, -0.05) is 36.4 Å². The van der Waals surface area contributed by atoms with Crippen LogP contribution in [-0.2, 0) is 17.8 Å². The number of nitrogens with zero attached hydrogens (tertiary/aromatic N) is 1. The van der Waals surface area contributed by atoms with Crippen LogP contribution in [0.2, 0.25) is 0 Å². The van der Waals surface area contributed by atoms with Crippen LogP contribution in [0.1, 0.15) is 17.5 Å². The Balaban J connectivity index is 1.66. The van der Waals surface area contributed by atoms with Crippen molar-refractivity contribution >= 4 is 5.82 Å². The maximum absolute atomic E-state index is 5.74. The quantitative estimate of drug-likeness (QED) is 0.792. The molecule has 0 aliphatic rings. The second kappa shape index (κ2) is 6.77. The SMILES string of the molecule is Nc1ncccc1COCCCc1ccccc1. The number of hydrogen-bond donors (Lipinski definition) is 1. The smallest absolute Gasteiger partial charge is 0.128 e. The van der Waals surface area contributed by atoms with Gasteiger partial charge < -0.3 is 10.5 Å². The molecule has 0 unspecified atom stereocenters. The Morgan fingerprint density at radius 3 is 2.67 bits per heavy atom. The average Bonchev–Trinajstić information content (AvgIpc) is 2.42. The number of aryl methyl sites for hydroxylation is 1. The summed E-state index contributed by atoms with van der Waals surface area (Å²) in [6, 6.07) is 14.3. The average molecular weight is 242 g/mol. The van der Waals surface area contributed by atoms with Gasteiger partial charge in [0.25, 0.3) is 0 Å². The van der Waals surface area contributed by atoms with E-state index in [1.54, 1.807) is 6.20 Å². The van der Waals surface area contributed by atoms with Crippen LogP contribution in [0.4, 0.5) is 5.82 Å². The minimum absolute atomic E-state index is 0.536. The van der Waals surface area contributed by atoms with E-state index < -0.39 is 0 Å². The number of pyridine rings is 1. The lowest BCUT2D eigenvalue weighted by Crippen LogP contribution is -2.01. The molecule has 0 amide bonds. The highest BCUT2D eigenvalue weighted by atomic mass is 16.5. The van der Waals surface area contributed by atoms with Crippen LogP contribution in [0, 0.1) is 0 Å². The summed E-state index contributed by atoms with van der Waals surface area (Å²) in [7, 11) is 0. The van der Waals surface area contributed by atoms with Gasteiger partial charge in [0.1, 0.15) is 5.82 Å². The summed E-state index contributed by atoms with van der Waals surface area (Å²) in [6.45, 7) is 1.28. The summed E-state index contributed by atoms with van der Waals surface area (Å²) in [5, 5.41) is 0. The van der Waals surface area contributed by atoms with Crippen LogP contribution >= 0.6 is 0 Å². The van der Waals surface area contributed by atoms with E-state index >= 15 is 0 Å². The maximum atomic E-state index is 5.74. The molecule has 0 atom stereocenters. The molecule has 2 rings (SSSR count). The van der Waals surface area contributed by atoms with Crippen molar-refractivity contribution in [2.24, 2.45) is 0 Å². The first-order chi connectivity index (χ1) is 8.86. The minimum Gasteiger partial charge on any atom is -0.383 e. The van der Waals surface area contributed by atoms with Gasteiger partial charge in [-0.15, -0.1) is 0 Å². The molecule has 2 N–H and O–H groups in total. The zero-order chi connectivity index (χ0) is 12.6. The Kier molecular flexibility index (Phi) is 4.73. The third kappa shape index (κ3) is 3.86. The molecule has 1 aromatic heterocycles. The van der Waals surface area contributed by atoms with E-state index in [2.05, 4.69) is 29.2 Å². The van der Waals surface area contributed by atoms with Crippen molar-refractivity contribution in [3.63, 3.8) is 0 Å².